The number of esters is 3. The minimum Gasteiger partial charge on any atom is -0.462 e. The average molecular weight is 1060 g/mol. The van der Waals surface area contributed by atoms with E-state index in [1.54, 1.807) is 0 Å². The van der Waals surface area contributed by atoms with Gasteiger partial charge < -0.3 is 14.2 Å². The van der Waals surface area contributed by atoms with Crippen molar-refractivity contribution in [3.8, 4) is 0 Å². The van der Waals surface area contributed by atoms with Crippen molar-refractivity contribution in [2.24, 2.45) is 0 Å². The summed E-state index contributed by atoms with van der Waals surface area (Å²) in [5, 5.41) is 0. The molecule has 0 radical (unpaired) electrons. The van der Waals surface area contributed by atoms with Gasteiger partial charge in [0, 0.05) is 19.3 Å². The Balaban J connectivity index is 4.20. The molecular formula is C71H110O6. The highest BCUT2D eigenvalue weighted by molar-refractivity contribution is 5.71. The van der Waals surface area contributed by atoms with Gasteiger partial charge in [0.15, 0.2) is 6.10 Å². The third kappa shape index (κ3) is 61.5. The maximum Gasteiger partial charge on any atom is 0.306 e. The fraction of sp³-hybridized carbons (Fsp3) is 0.563. The Hall–Kier alpha value is -5.23. The summed E-state index contributed by atoms with van der Waals surface area (Å²) in [5.41, 5.74) is 0. The lowest BCUT2D eigenvalue weighted by Crippen LogP contribution is -2.30. The molecule has 0 aliphatic heterocycles. The molecule has 0 bridgehead atoms. The van der Waals surface area contributed by atoms with E-state index in [2.05, 4.69) is 191 Å². The minimum absolute atomic E-state index is 0.111. The second-order valence-electron chi connectivity index (χ2n) is 19.5. The van der Waals surface area contributed by atoms with E-state index in [0.29, 0.717) is 19.3 Å². The highest BCUT2D eigenvalue weighted by Gasteiger charge is 2.19. The lowest BCUT2D eigenvalue weighted by atomic mass is 10.1. The smallest absolute Gasteiger partial charge is 0.306 e. The Kier molecular flexibility index (Phi) is 59.0. The molecule has 0 aromatic rings. The quantitative estimate of drug-likeness (QED) is 0.0261. The first kappa shape index (κ1) is 71.8. The normalized spacial score (nSPS) is 13.3. The van der Waals surface area contributed by atoms with Crippen molar-refractivity contribution in [2.75, 3.05) is 13.2 Å². The summed E-state index contributed by atoms with van der Waals surface area (Å²) in [5.74, 6) is -1.00. The summed E-state index contributed by atoms with van der Waals surface area (Å²) < 4.78 is 16.7. The van der Waals surface area contributed by atoms with Crippen LogP contribution in [0.3, 0.4) is 0 Å². The summed E-state index contributed by atoms with van der Waals surface area (Å²) in [7, 11) is 0. The molecule has 6 heteroatoms. The Morgan fingerprint density at radius 2 is 0.519 bits per heavy atom. The van der Waals surface area contributed by atoms with Gasteiger partial charge in [0.2, 0.25) is 0 Å². The molecule has 6 nitrogen and oxygen atoms in total. The first-order chi connectivity index (χ1) is 38.0. The van der Waals surface area contributed by atoms with E-state index in [1.165, 1.54) is 38.5 Å². The van der Waals surface area contributed by atoms with E-state index >= 15 is 0 Å². The van der Waals surface area contributed by atoms with Crippen molar-refractivity contribution in [1.82, 2.24) is 0 Å². The molecule has 0 aliphatic rings. The summed E-state index contributed by atoms with van der Waals surface area (Å²) in [6, 6.07) is 0. The summed E-state index contributed by atoms with van der Waals surface area (Å²) >= 11 is 0. The molecule has 0 amide bonds. The standard InChI is InChI=1S/C71H110O6/c1-4-7-10-13-15-17-19-21-23-25-27-29-31-32-33-34-35-36-37-38-40-41-43-45-47-49-51-53-55-58-61-64-70(73)76-67-68(66-75-69(72)63-60-57-12-9-6-3)77-71(74)65-62-59-56-54-52-50-48-46-44-42-39-30-28-26-24-22-20-18-16-14-11-8-5-2/h7-8,10-11,15-18,21-24,27-30,32-33,35-36,38,40,42,44,48,50,54,56,68H,4-6,9,12-14,19-20,25-26,31,34,37,39,41,43,45-47,49,51-53,55,57-67H2,1-3H3/b10-7-,11-8-,17-15-,18-16-,23-21-,24-22-,29-27-,30-28-,33-32-,36-35-,40-38-,44-42-,50-48-,56-54-. The van der Waals surface area contributed by atoms with E-state index < -0.39 is 6.10 Å². The Bertz CT molecular complexity index is 1790. The number of hydrogen-bond donors (Lipinski definition) is 0. The third-order valence-corrected chi connectivity index (χ3v) is 12.2. The topological polar surface area (TPSA) is 78.9 Å². The number of unbranched alkanes of at least 4 members (excludes halogenated alkanes) is 14. The highest BCUT2D eigenvalue weighted by atomic mass is 16.6. The van der Waals surface area contributed by atoms with Crippen LogP contribution in [0.5, 0.6) is 0 Å². The maximum atomic E-state index is 12.8. The van der Waals surface area contributed by atoms with Gasteiger partial charge in [-0.25, -0.2) is 0 Å². The number of carbonyl (C=O) groups is 3. The van der Waals surface area contributed by atoms with E-state index in [1.807, 2.05) is 0 Å². The van der Waals surface area contributed by atoms with Gasteiger partial charge in [-0.1, -0.05) is 262 Å². The van der Waals surface area contributed by atoms with Crippen LogP contribution in [0, 0.1) is 0 Å². The number of hydrogen-bond acceptors (Lipinski definition) is 6. The molecule has 0 aliphatic carbocycles. The molecule has 77 heavy (non-hydrogen) atoms. The van der Waals surface area contributed by atoms with Gasteiger partial charge in [-0.2, -0.15) is 0 Å². The highest BCUT2D eigenvalue weighted by Crippen LogP contribution is 2.13. The molecule has 0 N–H and O–H groups in total. The van der Waals surface area contributed by atoms with Crippen LogP contribution in [0.1, 0.15) is 239 Å². The van der Waals surface area contributed by atoms with E-state index in [0.717, 1.165) is 154 Å². The maximum absolute atomic E-state index is 12.8. The van der Waals surface area contributed by atoms with Gasteiger partial charge in [-0.05, 0) is 128 Å². The summed E-state index contributed by atoms with van der Waals surface area (Å²) in [4.78, 5) is 37.9. The van der Waals surface area contributed by atoms with Gasteiger partial charge >= 0.3 is 17.9 Å². The Morgan fingerprint density at radius 1 is 0.273 bits per heavy atom. The van der Waals surface area contributed by atoms with Crippen LogP contribution in [0.4, 0.5) is 0 Å². The summed E-state index contributed by atoms with van der Waals surface area (Å²) in [6.45, 7) is 6.25. The average Bonchev–Trinajstić information content (AvgIpc) is 3.43. The third-order valence-electron chi connectivity index (χ3n) is 12.2. The Morgan fingerprint density at radius 3 is 0.831 bits per heavy atom. The molecule has 0 fully saturated rings. The van der Waals surface area contributed by atoms with Crippen LogP contribution in [0.25, 0.3) is 0 Å². The van der Waals surface area contributed by atoms with Crippen LogP contribution in [0.2, 0.25) is 0 Å². The van der Waals surface area contributed by atoms with Gasteiger partial charge in [0.25, 0.3) is 0 Å². The summed E-state index contributed by atoms with van der Waals surface area (Å²) in [6.07, 6.45) is 94.0. The molecule has 0 saturated heterocycles. The predicted molar refractivity (Wildman–Crippen MR) is 334 cm³/mol. The fourth-order valence-electron chi connectivity index (χ4n) is 7.70. The SMILES string of the molecule is CC/C=C\C/C=C\C/C=C\C/C=C\C/C=C\C/C=C\C/C=C\CCCCCCCCCCCC(=O)OCC(COC(=O)CCCCCCC)OC(=O)CCC/C=C\C/C=C\C/C=C\C/C=C\C/C=C\C/C=C\C/C=C\CC. The van der Waals surface area contributed by atoms with Gasteiger partial charge in [-0.15, -0.1) is 0 Å². The van der Waals surface area contributed by atoms with Crippen LogP contribution < -0.4 is 0 Å². The molecule has 1 atom stereocenters. The van der Waals surface area contributed by atoms with Crippen LogP contribution >= 0.6 is 0 Å². The van der Waals surface area contributed by atoms with Crippen molar-refractivity contribution in [3.63, 3.8) is 0 Å². The predicted octanol–water partition coefficient (Wildman–Crippen LogP) is 21.1. The van der Waals surface area contributed by atoms with Crippen LogP contribution in [-0.2, 0) is 28.6 Å². The Labute approximate surface area is 472 Å². The number of allylic oxidation sites excluding steroid dienone is 28. The number of carbonyl (C=O) groups excluding carboxylic acids is 3. The minimum atomic E-state index is -0.816. The zero-order valence-corrected chi connectivity index (χ0v) is 49.1. The van der Waals surface area contributed by atoms with Gasteiger partial charge in [0.1, 0.15) is 13.2 Å². The van der Waals surface area contributed by atoms with E-state index in [4.69, 9.17) is 14.2 Å². The van der Waals surface area contributed by atoms with Crippen molar-refractivity contribution >= 4 is 17.9 Å². The first-order valence-electron chi connectivity index (χ1n) is 30.6. The monoisotopic (exact) mass is 1060 g/mol. The molecule has 0 saturated carbocycles. The van der Waals surface area contributed by atoms with Crippen LogP contribution in [-0.4, -0.2) is 37.2 Å². The van der Waals surface area contributed by atoms with Crippen molar-refractivity contribution in [1.29, 1.82) is 0 Å². The van der Waals surface area contributed by atoms with E-state index in [-0.39, 0.29) is 37.5 Å². The van der Waals surface area contributed by atoms with Crippen molar-refractivity contribution < 1.29 is 28.6 Å². The molecular weight excluding hydrogens is 949 g/mol. The van der Waals surface area contributed by atoms with Crippen molar-refractivity contribution in [2.45, 2.75) is 245 Å². The number of rotatable bonds is 53. The first-order valence-corrected chi connectivity index (χ1v) is 30.6. The van der Waals surface area contributed by atoms with E-state index in [9.17, 15) is 14.4 Å². The second kappa shape index (κ2) is 63.3. The zero-order chi connectivity index (χ0) is 55.7. The molecule has 0 heterocycles. The lowest BCUT2D eigenvalue weighted by molar-refractivity contribution is -0.167. The molecule has 0 rings (SSSR count). The molecule has 430 valence electrons. The molecule has 0 aromatic heterocycles. The molecule has 0 spiro atoms. The zero-order valence-electron chi connectivity index (χ0n) is 49.1. The lowest BCUT2D eigenvalue weighted by Gasteiger charge is -2.18. The van der Waals surface area contributed by atoms with Gasteiger partial charge in [-0.3, -0.25) is 14.4 Å². The van der Waals surface area contributed by atoms with Gasteiger partial charge in [0.05, 0.1) is 0 Å². The van der Waals surface area contributed by atoms with Crippen LogP contribution in [0.15, 0.2) is 170 Å². The largest absolute Gasteiger partial charge is 0.462 e. The second-order valence-corrected chi connectivity index (χ2v) is 19.5. The fourth-order valence-corrected chi connectivity index (χ4v) is 7.70. The number of ether oxygens (including phenoxy) is 3. The molecule has 1 unspecified atom stereocenters. The van der Waals surface area contributed by atoms with Crippen molar-refractivity contribution in [3.05, 3.63) is 170 Å². The molecule has 0 aromatic carbocycles.